The number of carbonyl (C=O) groups is 1. The molecule has 0 spiro atoms. The number of anilines is 1. The van der Waals surface area contributed by atoms with Crippen LogP contribution in [0.4, 0.5) is 18.9 Å². The Kier molecular flexibility index (Phi) is 6.43. The molecule has 2 atom stereocenters. The first-order valence-electron chi connectivity index (χ1n) is 9.56. The molecule has 2 saturated heterocycles. The highest BCUT2D eigenvalue weighted by atomic mass is 19.4. The van der Waals surface area contributed by atoms with Crippen molar-refractivity contribution in [3.05, 3.63) is 30.3 Å². The molecule has 1 aromatic rings. The lowest BCUT2D eigenvalue weighted by Gasteiger charge is -2.22. The number of rotatable bonds is 5. The molecule has 2 heterocycles. The van der Waals surface area contributed by atoms with E-state index in [1.165, 1.54) is 4.90 Å². The summed E-state index contributed by atoms with van der Waals surface area (Å²) < 4.78 is 37.7. The van der Waals surface area contributed by atoms with Gasteiger partial charge in [0.1, 0.15) is 0 Å². The van der Waals surface area contributed by atoms with Gasteiger partial charge in [-0.3, -0.25) is 14.7 Å². The largest absolute Gasteiger partial charge is 0.401 e. The van der Waals surface area contributed by atoms with E-state index < -0.39 is 12.7 Å². The van der Waals surface area contributed by atoms with E-state index in [0.29, 0.717) is 45.0 Å². The van der Waals surface area contributed by atoms with Gasteiger partial charge in [0.05, 0.1) is 12.6 Å². The zero-order valence-electron chi connectivity index (χ0n) is 15.9. The number of nitrogens with one attached hydrogen (secondary N) is 2. The van der Waals surface area contributed by atoms with Crippen molar-refractivity contribution in [3.8, 4) is 0 Å². The van der Waals surface area contributed by atoms with E-state index in [1.807, 2.05) is 37.3 Å². The first-order chi connectivity index (χ1) is 13.3. The summed E-state index contributed by atoms with van der Waals surface area (Å²) in [5.74, 6) is 0.589. The van der Waals surface area contributed by atoms with Crippen molar-refractivity contribution in [2.24, 2.45) is 4.99 Å². The highest BCUT2D eigenvalue weighted by molar-refractivity contribution is 5.97. The van der Waals surface area contributed by atoms with Crippen molar-refractivity contribution < 1.29 is 18.0 Å². The topological polar surface area (TPSA) is 60.0 Å². The summed E-state index contributed by atoms with van der Waals surface area (Å²) in [5.41, 5.74) is 0.859. The van der Waals surface area contributed by atoms with Crippen molar-refractivity contribution in [3.63, 3.8) is 0 Å². The quantitative estimate of drug-likeness (QED) is 0.589. The van der Waals surface area contributed by atoms with Gasteiger partial charge in [-0.15, -0.1) is 0 Å². The van der Waals surface area contributed by atoms with Crippen molar-refractivity contribution in [2.45, 2.75) is 38.0 Å². The van der Waals surface area contributed by atoms with Gasteiger partial charge in [-0.05, 0) is 25.5 Å². The number of benzene rings is 1. The average molecular weight is 397 g/mol. The van der Waals surface area contributed by atoms with Crippen LogP contribution < -0.4 is 15.5 Å². The lowest BCUT2D eigenvalue weighted by atomic mass is 10.2. The highest BCUT2D eigenvalue weighted by Crippen LogP contribution is 2.22. The van der Waals surface area contributed by atoms with E-state index in [-0.39, 0.29) is 18.0 Å². The minimum Gasteiger partial charge on any atom is -0.352 e. The Hall–Kier alpha value is -2.29. The highest BCUT2D eigenvalue weighted by Gasteiger charge is 2.35. The molecular weight excluding hydrogens is 371 g/mol. The number of amides is 1. The number of hydrogen-bond donors (Lipinski definition) is 2. The van der Waals surface area contributed by atoms with Gasteiger partial charge in [-0.1, -0.05) is 18.2 Å². The van der Waals surface area contributed by atoms with Crippen LogP contribution in [0.2, 0.25) is 0 Å². The minimum absolute atomic E-state index is 0.0387. The fourth-order valence-electron chi connectivity index (χ4n) is 3.69. The molecule has 2 aliphatic rings. The van der Waals surface area contributed by atoms with Gasteiger partial charge < -0.3 is 15.5 Å². The Labute approximate surface area is 162 Å². The molecule has 0 bridgehead atoms. The van der Waals surface area contributed by atoms with Crippen LogP contribution in [-0.2, 0) is 4.79 Å². The smallest absolute Gasteiger partial charge is 0.352 e. The second kappa shape index (κ2) is 8.81. The van der Waals surface area contributed by atoms with Crippen LogP contribution in [0, 0.1) is 0 Å². The van der Waals surface area contributed by atoms with Crippen LogP contribution in [0.3, 0.4) is 0 Å². The first kappa shape index (κ1) is 20.4. The molecule has 2 N–H and O–H groups in total. The van der Waals surface area contributed by atoms with Gasteiger partial charge in [0, 0.05) is 44.3 Å². The third-order valence-electron chi connectivity index (χ3n) is 4.87. The maximum Gasteiger partial charge on any atom is 0.401 e. The Balaban J connectivity index is 1.54. The minimum atomic E-state index is -4.18. The monoisotopic (exact) mass is 397 g/mol. The Morgan fingerprint density at radius 2 is 1.89 bits per heavy atom. The number of nitrogens with zero attached hydrogens (tertiary/aromatic N) is 3. The standard InChI is InChI=1S/C19H26F3N5O/c1-2-23-18(24-14-8-9-26(11-14)13-19(20,21)22)25-15-10-17(28)27(12-15)16-6-4-3-5-7-16/h3-7,14-15H,2,8-13H2,1H3,(H2,23,24,25). The molecule has 2 fully saturated rings. The third kappa shape index (κ3) is 5.60. The van der Waals surface area contributed by atoms with Crippen molar-refractivity contribution in [2.75, 3.05) is 37.6 Å². The third-order valence-corrected chi connectivity index (χ3v) is 4.87. The number of hydrogen-bond acceptors (Lipinski definition) is 3. The summed E-state index contributed by atoms with van der Waals surface area (Å²) in [6.07, 6.45) is -3.21. The summed E-state index contributed by atoms with van der Waals surface area (Å²) in [5, 5.41) is 6.50. The molecule has 6 nitrogen and oxygen atoms in total. The molecule has 0 aliphatic carbocycles. The Morgan fingerprint density at radius 1 is 1.18 bits per heavy atom. The molecule has 28 heavy (non-hydrogen) atoms. The van der Waals surface area contributed by atoms with E-state index in [4.69, 9.17) is 0 Å². The maximum absolute atomic E-state index is 12.6. The fraction of sp³-hybridized carbons (Fsp3) is 0.579. The van der Waals surface area contributed by atoms with Gasteiger partial charge in [-0.2, -0.15) is 13.2 Å². The Morgan fingerprint density at radius 3 is 2.57 bits per heavy atom. The second-order valence-corrected chi connectivity index (χ2v) is 7.19. The van der Waals surface area contributed by atoms with Gasteiger partial charge in [-0.25, -0.2) is 0 Å². The van der Waals surface area contributed by atoms with Gasteiger partial charge in [0.25, 0.3) is 0 Å². The molecule has 154 valence electrons. The molecule has 0 radical (unpaired) electrons. The van der Waals surface area contributed by atoms with E-state index in [9.17, 15) is 18.0 Å². The van der Waals surface area contributed by atoms with E-state index in [2.05, 4.69) is 15.6 Å². The van der Waals surface area contributed by atoms with Crippen LogP contribution in [-0.4, -0.2) is 67.8 Å². The number of para-hydroxylation sites is 1. The van der Waals surface area contributed by atoms with Crippen LogP contribution in [0.25, 0.3) is 0 Å². The molecule has 9 heteroatoms. The summed E-state index contributed by atoms with van der Waals surface area (Å²) in [6.45, 7) is 2.80. The zero-order chi connectivity index (χ0) is 20.1. The maximum atomic E-state index is 12.6. The molecular formula is C19H26F3N5O. The second-order valence-electron chi connectivity index (χ2n) is 7.19. The summed E-state index contributed by atoms with van der Waals surface area (Å²) in [4.78, 5) is 19.9. The number of halogens is 3. The molecule has 2 unspecified atom stereocenters. The number of guanidine groups is 1. The SMILES string of the molecule is CCN=C(NC1CCN(CC(F)(F)F)C1)NC1CC(=O)N(c2ccccc2)C1. The van der Waals surface area contributed by atoms with E-state index >= 15 is 0 Å². The molecule has 0 saturated carbocycles. The number of aliphatic imine (C=N–C) groups is 1. The number of alkyl halides is 3. The predicted molar refractivity (Wildman–Crippen MR) is 102 cm³/mol. The average Bonchev–Trinajstić information content (AvgIpc) is 3.20. The number of carbonyl (C=O) groups excluding carboxylic acids is 1. The summed E-state index contributed by atoms with van der Waals surface area (Å²) >= 11 is 0. The van der Waals surface area contributed by atoms with Gasteiger partial charge in [0.15, 0.2) is 5.96 Å². The summed E-state index contributed by atoms with van der Waals surface area (Å²) in [6, 6.07) is 9.28. The van der Waals surface area contributed by atoms with Gasteiger partial charge in [0.2, 0.25) is 5.91 Å². The Bertz CT molecular complexity index is 695. The van der Waals surface area contributed by atoms with Crippen molar-refractivity contribution in [1.82, 2.24) is 15.5 Å². The van der Waals surface area contributed by atoms with Crippen LogP contribution in [0.15, 0.2) is 35.3 Å². The number of likely N-dealkylation sites (tertiary alicyclic amines) is 1. The zero-order valence-corrected chi connectivity index (χ0v) is 15.9. The van der Waals surface area contributed by atoms with Crippen molar-refractivity contribution in [1.29, 1.82) is 0 Å². The normalized spacial score (nSPS) is 24.1. The first-order valence-corrected chi connectivity index (χ1v) is 9.56. The van der Waals surface area contributed by atoms with Crippen LogP contribution >= 0.6 is 0 Å². The van der Waals surface area contributed by atoms with E-state index in [1.54, 1.807) is 4.90 Å². The molecule has 0 aromatic heterocycles. The fourth-order valence-corrected chi connectivity index (χ4v) is 3.69. The van der Waals surface area contributed by atoms with Gasteiger partial charge >= 0.3 is 6.18 Å². The molecule has 3 rings (SSSR count). The molecule has 1 aromatic carbocycles. The lowest BCUT2D eigenvalue weighted by molar-refractivity contribution is -0.143. The lowest BCUT2D eigenvalue weighted by Crippen LogP contribution is -2.49. The van der Waals surface area contributed by atoms with E-state index in [0.717, 1.165) is 5.69 Å². The van der Waals surface area contributed by atoms with Crippen LogP contribution in [0.5, 0.6) is 0 Å². The summed E-state index contributed by atoms with van der Waals surface area (Å²) in [7, 11) is 0. The van der Waals surface area contributed by atoms with Crippen molar-refractivity contribution >= 4 is 17.6 Å². The van der Waals surface area contributed by atoms with Crippen LogP contribution in [0.1, 0.15) is 19.8 Å². The predicted octanol–water partition coefficient (Wildman–Crippen LogP) is 1.98. The molecule has 1 amide bonds. The molecule has 2 aliphatic heterocycles.